The van der Waals surface area contributed by atoms with Crippen LogP contribution in [0.4, 0.5) is 11.5 Å². The lowest BCUT2D eigenvalue weighted by molar-refractivity contribution is 0.187. The summed E-state index contributed by atoms with van der Waals surface area (Å²) >= 11 is 0. The zero-order chi connectivity index (χ0) is 15.7. The van der Waals surface area contributed by atoms with Crippen LogP contribution in [0.2, 0.25) is 18.1 Å². The lowest BCUT2D eigenvalue weighted by Crippen LogP contribution is -2.43. The average molecular weight is 308 g/mol. The fourth-order valence-electron chi connectivity index (χ4n) is 2.47. The van der Waals surface area contributed by atoms with E-state index < -0.39 is 8.32 Å². The van der Waals surface area contributed by atoms with E-state index >= 15 is 0 Å². The molecule has 1 aliphatic rings. The van der Waals surface area contributed by atoms with Crippen LogP contribution < -0.4 is 11.1 Å². The average Bonchev–Trinajstić information content (AvgIpc) is 2.77. The van der Waals surface area contributed by atoms with E-state index in [1.54, 1.807) is 6.20 Å². The number of hydrogen-bond donors (Lipinski definition) is 2. The number of nitrogens with zero attached hydrogens (tertiary/aromatic N) is 1. The highest BCUT2D eigenvalue weighted by Gasteiger charge is 2.40. The van der Waals surface area contributed by atoms with Gasteiger partial charge in [-0.05, 0) is 49.5 Å². The molecule has 3 N–H and O–H groups in total. The maximum atomic E-state index is 6.51. The Bertz CT molecular complexity index is 467. The highest BCUT2D eigenvalue weighted by molar-refractivity contribution is 6.74. The van der Waals surface area contributed by atoms with Crippen LogP contribution in [-0.4, -0.2) is 25.4 Å². The Balaban J connectivity index is 1.88. The van der Waals surface area contributed by atoms with E-state index in [0.717, 1.165) is 25.1 Å². The fraction of sp³-hybridized carbons (Fsp3) is 0.688. The van der Waals surface area contributed by atoms with Gasteiger partial charge in [-0.1, -0.05) is 20.8 Å². The number of aromatic nitrogens is 1. The van der Waals surface area contributed by atoms with Gasteiger partial charge in [0.25, 0.3) is 0 Å². The van der Waals surface area contributed by atoms with Crippen molar-refractivity contribution in [2.24, 2.45) is 0 Å². The second-order valence-electron chi connectivity index (χ2n) is 7.63. The van der Waals surface area contributed by atoms with Crippen LogP contribution in [-0.2, 0) is 4.43 Å². The van der Waals surface area contributed by atoms with Gasteiger partial charge in [0.05, 0.1) is 11.9 Å². The van der Waals surface area contributed by atoms with Gasteiger partial charge in [0.2, 0.25) is 0 Å². The molecule has 2 atom stereocenters. The third-order valence-electron chi connectivity index (χ3n) is 4.79. The molecular weight excluding hydrogens is 278 g/mol. The van der Waals surface area contributed by atoms with Gasteiger partial charge < -0.3 is 15.5 Å². The predicted octanol–water partition coefficient (Wildman–Crippen LogP) is 4.02. The number of anilines is 2. The van der Waals surface area contributed by atoms with Crippen LogP contribution in [0.1, 0.15) is 40.0 Å². The Morgan fingerprint density at radius 3 is 2.57 bits per heavy atom. The van der Waals surface area contributed by atoms with E-state index in [4.69, 9.17) is 10.2 Å². The fourth-order valence-corrected chi connectivity index (χ4v) is 3.87. The zero-order valence-electron chi connectivity index (χ0n) is 13.9. The van der Waals surface area contributed by atoms with Crippen molar-refractivity contribution >= 4 is 19.8 Å². The molecule has 2 rings (SSSR count). The minimum atomic E-state index is -1.66. The summed E-state index contributed by atoms with van der Waals surface area (Å²) in [6.07, 6.45) is 5.43. The van der Waals surface area contributed by atoms with E-state index in [-0.39, 0.29) is 5.04 Å². The zero-order valence-corrected chi connectivity index (χ0v) is 14.9. The number of nitrogens with one attached hydrogen (secondary N) is 1. The summed E-state index contributed by atoms with van der Waals surface area (Å²) in [4.78, 5) is 4.31. The molecule has 118 valence electrons. The summed E-state index contributed by atoms with van der Waals surface area (Å²) in [6.45, 7) is 11.5. The van der Waals surface area contributed by atoms with Crippen molar-refractivity contribution in [3.05, 3.63) is 18.3 Å². The van der Waals surface area contributed by atoms with Gasteiger partial charge >= 0.3 is 0 Å². The Kier molecular flexibility index (Phi) is 4.63. The first-order valence-electron chi connectivity index (χ1n) is 7.83. The molecule has 21 heavy (non-hydrogen) atoms. The van der Waals surface area contributed by atoms with Crippen molar-refractivity contribution in [2.45, 2.75) is 70.3 Å². The molecular formula is C16H29N3OSi. The third kappa shape index (κ3) is 4.20. The van der Waals surface area contributed by atoms with Crippen LogP contribution >= 0.6 is 0 Å². The normalized spacial score (nSPS) is 23.3. The first-order valence-corrected chi connectivity index (χ1v) is 10.7. The highest BCUT2D eigenvalue weighted by Crippen LogP contribution is 2.39. The lowest BCUT2D eigenvalue weighted by atomic mass is 10.2. The number of nitrogens with two attached hydrogens (primary N) is 1. The first-order chi connectivity index (χ1) is 9.67. The largest absolute Gasteiger partial charge is 0.414 e. The molecule has 1 aliphatic carbocycles. The van der Waals surface area contributed by atoms with Crippen LogP contribution in [0, 0.1) is 0 Å². The molecule has 0 saturated heterocycles. The van der Waals surface area contributed by atoms with Gasteiger partial charge in [0.1, 0.15) is 5.82 Å². The Morgan fingerprint density at radius 2 is 2.00 bits per heavy atom. The minimum absolute atomic E-state index is 0.275. The molecule has 0 radical (unpaired) electrons. The Labute approximate surface area is 129 Å². The second-order valence-corrected chi connectivity index (χ2v) is 12.4. The van der Waals surface area contributed by atoms with Gasteiger partial charge in [-0.2, -0.15) is 0 Å². The molecule has 1 fully saturated rings. The number of pyridine rings is 1. The number of rotatable bonds is 4. The topological polar surface area (TPSA) is 60.2 Å². The van der Waals surface area contributed by atoms with Gasteiger partial charge in [-0.25, -0.2) is 4.98 Å². The second kappa shape index (κ2) is 5.97. The Hall–Kier alpha value is -1.07. The molecule has 5 heteroatoms. The SMILES string of the molecule is CC(C)(C)[Si](C)(C)O[C@@H]1CC[C@@H](Nc2ccc(N)cn2)C1. The molecule has 0 amide bonds. The van der Waals surface area contributed by atoms with Crippen LogP contribution in [0.3, 0.4) is 0 Å². The van der Waals surface area contributed by atoms with Gasteiger partial charge in [-0.3, -0.25) is 0 Å². The summed E-state index contributed by atoms with van der Waals surface area (Å²) in [5.41, 5.74) is 6.36. The third-order valence-corrected chi connectivity index (χ3v) is 9.33. The maximum Gasteiger partial charge on any atom is 0.192 e. The molecule has 1 aromatic rings. The Morgan fingerprint density at radius 1 is 1.29 bits per heavy atom. The molecule has 4 nitrogen and oxygen atoms in total. The van der Waals surface area contributed by atoms with E-state index in [9.17, 15) is 0 Å². The van der Waals surface area contributed by atoms with E-state index in [0.29, 0.717) is 17.8 Å². The van der Waals surface area contributed by atoms with E-state index in [1.807, 2.05) is 12.1 Å². The highest BCUT2D eigenvalue weighted by atomic mass is 28.4. The van der Waals surface area contributed by atoms with Gasteiger partial charge in [0.15, 0.2) is 8.32 Å². The molecule has 0 spiro atoms. The number of hydrogen-bond acceptors (Lipinski definition) is 4. The molecule has 1 aromatic heterocycles. The maximum absolute atomic E-state index is 6.51. The molecule has 0 aromatic carbocycles. The summed E-state index contributed by atoms with van der Waals surface area (Å²) in [5.74, 6) is 0.905. The summed E-state index contributed by atoms with van der Waals surface area (Å²) in [6, 6.07) is 4.28. The first kappa shape index (κ1) is 16.3. The summed E-state index contributed by atoms with van der Waals surface area (Å²) in [7, 11) is -1.66. The molecule has 0 bridgehead atoms. The summed E-state index contributed by atoms with van der Waals surface area (Å²) in [5, 5.41) is 3.77. The van der Waals surface area contributed by atoms with Gasteiger partial charge in [0, 0.05) is 12.1 Å². The monoisotopic (exact) mass is 307 g/mol. The number of nitrogen functional groups attached to an aromatic ring is 1. The van der Waals surface area contributed by atoms with Crippen molar-refractivity contribution in [1.82, 2.24) is 4.98 Å². The van der Waals surface area contributed by atoms with Crippen molar-refractivity contribution in [1.29, 1.82) is 0 Å². The molecule has 1 heterocycles. The van der Waals surface area contributed by atoms with E-state index in [1.165, 1.54) is 0 Å². The van der Waals surface area contributed by atoms with Gasteiger partial charge in [-0.15, -0.1) is 0 Å². The molecule has 0 unspecified atom stereocenters. The lowest BCUT2D eigenvalue weighted by Gasteiger charge is -2.38. The molecule has 0 aliphatic heterocycles. The van der Waals surface area contributed by atoms with Crippen molar-refractivity contribution in [3.63, 3.8) is 0 Å². The quantitative estimate of drug-likeness (QED) is 0.825. The summed E-state index contributed by atoms with van der Waals surface area (Å²) < 4.78 is 6.51. The van der Waals surface area contributed by atoms with Crippen molar-refractivity contribution in [3.8, 4) is 0 Å². The molecule has 1 saturated carbocycles. The smallest absolute Gasteiger partial charge is 0.192 e. The predicted molar refractivity (Wildman–Crippen MR) is 92.0 cm³/mol. The van der Waals surface area contributed by atoms with Crippen molar-refractivity contribution < 1.29 is 4.43 Å². The van der Waals surface area contributed by atoms with Crippen molar-refractivity contribution in [2.75, 3.05) is 11.1 Å². The van der Waals surface area contributed by atoms with E-state index in [2.05, 4.69) is 44.2 Å². The minimum Gasteiger partial charge on any atom is -0.414 e. The van der Waals surface area contributed by atoms with Crippen LogP contribution in [0.15, 0.2) is 18.3 Å². The standard InChI is InChI=1S/C16H29N3OSi/c1-16(2,3)21(4,5)20-14-8-7-13(10-14)19-15-9-6-12(17)11-18-15/h6,9,11,13-14H,7-8,10,17H2,1-5H3,(H,18,19)/t13-,14-/m1/s1. The van der Waals surface area contributed by atoms with Crippen LogP contribution in [0.5, 0.6) is 0 Å². The van der Waals surface area contributed by atoms with Crippen LogP contribution in [0.25, 0.3) is 0 Å².